The number of furan rings is 1. The monoisotopic (exact) mass is 229 g/mol. The van der Waals surface area contributed by atoms with Crippen LogP contribution >= 0.6 is 0 Å². The van der Waals surface area contributed by atoms with Gasteiger partial charge in [-0.05, 0) is 18.2 Å². The van der Waals surface area contributed by atoms with Gasteiger partial charge in [0.2, 0.25) is 0 Å². The van der Waals surface area contributed by atoms with Crippen LogP contribution in [0.2, 0.25) is 0 Å². The van der Waals surface area contributed by atoms with Crippen LogP contribution in [0, 0.1) is 11.3 Å². The zero-order chi connectivity index (χ0) is 12.3. The van der Waals surface area contributed by atoms with E-state index in [0.29, 0.717) is 28.4 Å². The van der Waals surface area contributed by atoms with Crippen LogP contribution in [0.4, 0.5) is 0 Å². The quantitative estimate of drug-likeness (QED) is 0.812. The first kappa shape index (κ1) is 11.1. The van der Waals surface area contributed by atoms with Crippen molar-refractivity contribution < 1.29 is 13.9 Å². The van der Waals surface area contributed by atoms with Gasteiger partial charge >= 0.3 is 0 Å². The van der Waals surface area contributed by atoms with Gasteiger partial charge in [0, 0.05) is 11.6 Å². The normalized spacial score (nSPS) is 9.71. The first-order valence-electron chi connectivity index (χ1n) is 5.00. The second-order valence-electron chi connectivity index (χ2n) is 3.34. The Kier molecular flexibility index (Phi) is 3.01. The van der Waals surface area contributed by atoms with Gasteiger partial charge in [-0.3, -0.25) is 0 Å². The molecule has 1 aromatic heterocycles. The lowest BCUT2D eigenvalue weighted by Crippen LogP contribution is -1.93. The van der Waals surface area contributed by atoms with E-state index in [1.54, 1.807) is 37.6 Å². The molecule has 0 saturated carbocycles. The molecule has 0 fully saturated rings. The second kappa shape index (κ2) is 4.62. The summed E-state index contributed by atoms with van der Waals surface area (Å²) in [5, 5.41) is 9.11. The van der Waals surface area contributed by atoms with Crippen molar-refractivity contribution in [2.45, 2.75) is 0 Å². The lowest BCUT2D eigenvalue weighted by Gasteiger charge is -2.10. The lowest BCUT2D eigenvalue weighted by molar-refractivity contribution is 0.355. The molecule has 2 aromatic rings. The summed E-state index contributed by atoms with van der Waals surface area (Å²) in [6.45, 7) is 0. The van der Waals surface area contributed by atoms with Crippen LogP contribution in [-0.2, 0) is 0 Å². The molecule has 0 aliphatic rings. The van der Waals surface area contributed by atoms with Crippen molar-refractivity contribution in [2.75, 3.05) is 14.2 Å². The molecule has 0 unspecified atom stereocenters. The van der Waals surface area contributed by atoms with Gasteiger partial charge in [0.15, 0.2) is 11.5 Å². The maximum Gasteiger partial charge on any atom is 0.162 e. The van der Waals surface area contributed by atoms with E-state index in [1.165, 1.54) is 7.11 Å². The van der Waals surface area contributed by atoms with E-state index in [4.69, 9.17) is 19.2 Å². The number of methoxy groups -OCH3 is 2. The minimum absolute atomic E-state index is 0.484. The summed E-state index contributed by atoms with van der Waals surface area (Å²) in [6, 6.07) is 9.05. The number of benzene rings is 1. The molecule has 0 bridgehead atoms. The Balaban J connectivity index is 2.63. The van der Waals surface area contributed by atoms with Crippen LogP contribution in [0.25, 0.3) is 11.3 Å². The van der Waals surface area contributed by atoms with Crippen LogP contribution < -0.4 is 9.47 Å². The minimum atomic E-state index is 0.484. The Morgan fingerprint density at radius 1 is 1.18 bits per heavy atom. The van der Waals surface area contributed by atoms with Crippen molar-refractivity contribution in [3.8, 4) is 28.9 Å². The van der Waals surface area contributed by atoms with Gasteiger partial charge in [-0.2, -0.15) is 5.26 Å². The molecule has 0 aliphatic heterocycles. The van der Waals surface area contributed by atoms with Crippen molar-refractivity contribution in [3.05, 3.63) is 36.1 Å². The van der Waals surface area contributed by atoms with Crippen LogP contribution in [0.1, 0.15) is 5.56 Å². The maximum absolute atomic E-state index is 9.11. The predicted molar refractivity (Wildman–Crippen MR) is 62.0 cm³/mol. The van der Waals surface area contributed by atoms with Gasteiger partial charge < -0.3 is 13.9 Å². The SMILES string of the molecule is COc1cc(C#N)c(-c2ccco2)cc1OC. The largest absolute Gasteiger partial charge is 0.493 e. The van der Waals surface area contributed by atoms with Gasteiger partial charge in [0.1, 0.15) is 11.8 Å². The van der Waals surface area contributed by atoms with Crippen molar-refractivity contribution >= 4 is 0 Å². The topological polar surface area (TPSA) is 55.4 Å². The smallest absolute Gasteiger partial charge is 0.162 e. The zero-order valence-electron chi connectivity index (χ0n) is 9.56. The Labute approximate surface area is 99.0 Å². The average molecular weight is 229 g/mol. The molecule has 4 nitrogen and oxygen atoms in total. The van der Waals surface area contributed by atoms with Gasteiger partial charge in [-0.1, -0.05) is 0 Å². The summed E-state index contributed by atoms with van der Waals surface area (Å²) >= 11 is 0. The summed E-state index contributed by atoms with van der Waals surface area (Å²) in [7, 11) is 3.08. The third-order valence-corrected chi connectivity index (χ3v) is 2.43. The Morgan fingerprint density at radius 3 is 2.41 bits per heavy atom. The van der Waals surface area contributed by atoms with Crippen molar-refractivity contribution in [1.29, 1.82) is 5.26 Å². The number of rotatable bonds is 3. The molecular weight excluding hydrogens is 218 g/mol. The van der Waals surface area contributed by atoms with Gasteiger partial charge in [-0.15, -0.1) is 0 Å². The van der Waals surface area contributed by atoms with E-state index in [1.807, 2.05) is 0 Å². The van der Waals surface area contributed by atoms with E-state index in [-0.39, 0.29) is 0 Å². The molecule has 0 atom stereocenters. The van der Waals surface area contributed by atoms with Crippen molar-refractivity contribution in [3.63, 3.8) is 0 Å². The molecular formula is C13H11NO3. The highest BCUT2D eigenvalue weighted by molar-refractivity contribution is 5.70. The molecule has 0 saturated heterocycles. The summed E-state index contributed by atoms with van der Waals surface area (Å²) in [5.74, 6) is 1.72. The molecule has 0 spiro atoms. The Hall–Kier alpha value is -2.41. The van der Waals surface area contributed by atoms with E-state index in [2.05, 4.69) is 6.07 Å². The molecule has 1 aromatic carbocycles. The number of hydrogen-bond acceptors (Lipinski definition) is 4. The third-order valence-electron chi connectivity index (χ3n) is 2.43. The fourth-order valence-electron chi connectivity index (χ4n) is 1.61. The van der Waals surface area contributed by atoms with Gasteiger partial charge in [0.05, 0.1) is 26.0 Å². The molecule has 0 N–H and O–H groups in total. The highest BCUT2D eigenvalue weighted by Crippen LogP contribution is 2.35. The molecule has 17 heavy (non-hydrogen) atoms. The molecule has 0 aliphatic carbocycles. The van der Waals surface area contributed by atoms with Crippen LogP contribution in [0.5, 0.6) is 11.5 Å². The minimum Gasteiger partial charge on any atom is -0.493 e. The third kappa shape index (κ3) is 1.95. The van der Waals surface area contributed by atoms with E-state index >= 15 is 0 Å². The molecule has 1 heterocycles. The molecule has 0 amide bonds. The second-order valence-corrected chi connectivity index (χ2v) is 3.34. The van der Waals surface area contributed by atoms with Gasteiger partial charge in [0.25, 0.3) is 0 Å². The summed E-state index contributed by atoms with van der Waals surface area (Å²) in [4.78, 5) is 0. The van der Waals surface area contributed by atoms with E-state index in [9.17, 15) is 0 Å². The van der Waals surface area contributed by atoms with E-state index < -0.39 is 0 Å². The fraction of sp³-hybridized carbons (Fsp3) is 0.154. The molecule has 4 heteroatoms. The Morgan fingerprint density at radius 2 is 1.88 bits per heavy atom. The maximum atomic E-state index is 9.11. The summed E-state index contributed by atoms with van der Waals surface area (Å²) in [6.07, 6.45) is 1.56. The first-order valence-corrected chi connectivity index (χ1v) is 5.00. The number of nitrogens with zero attached hydrogens (tertiary/aromatic N) is 1. The first-order chi connectivity index (χ1) is 8.30. The molecule has 86 valence electrons. The number of hydrogen-bond donors (Lipinski definition) is 0. The Bertz CT molecular complexity index is 553. The summed E-state index contributed by atoms with van der Waals surface area (Å²) < 4.78 is 15.6. The molecule has 0 radical (unpaired) electrons. The fourth-order valence-corrected chi connectivity index (χ4v) is 1.61. The number of nitriles is 1. The highest BCUT2D eigenvalue weighted by Gasteiger charge is 2.13. The highest BCUT2D eigenvalue weighted by atomic mass is 16.5. The van der Waals surface area contributed by atoms with Crippen LogP contribution in [-0.4, -0.2) is 14.2 Å². The van der Waals surface area contributed by atoms with Crippen molar-refractivity contribution in [1.82, 2.24) is 0 Å². The lowest BCUT2D eigenvalue weighted by atomic mass is 10.1. The van der Waals surface area contributed by atoms with Gasteiger partial charge in [-0.25, -0.2) is 0 Å². The molecule has 2 rings (SSSR count). The zero-order valence-corrected chi connectivity index (χ0v) is 9.56. The predicted octanol–water partition coefficient (Wildman–Crippen LogP) is 2.84. The van der Waals surface area contributed by atoms with Crippen molar-refractivity contribution in [2.24, 2.45) is 0 Å². The summed E-state index contributed by atoms with van der Waals surface area (Å²) in [5.41, 5.74) is 1.17. The van der Waals surface area contributed by atoms with E-state index in [0.717, 1.165) is 0 Å². The average Bonchev–Trinajstić information content (AvgIpc) is 2.90. The van der Waals surface area contributed by atoms with Crippen LogP contribution in [0.3, 0.4) is 0 Å². The standard InChI is InChI=1S/C13H11NO3/c1-15-12-6-9(8-14)10(7-13(12)16-2)11-4-3-5-17-11/h3-7H,1-2H3. The number of ether oxygens (including phenoxy) is 2. The van der Waals surface area contributed by atoms with Crippen LogP contribution in [0.15, 0.2) is 34.9 Å².